The minimum absolute atomic E-state index is 0.280. The summed E-state index contributed by atoms with van der Waals surface area (Å²) in [6.07, 6.45) is -3.08. The highest BCUT2D eigenvalue weighted by Crippen LogP contribution is 2.34. The molecule has 16 heavy (non-hydrogen) atoms. The second-order valence-electron chi connectivity index (χ2n) is 2.65. The third kappa shape index (κ3) is 2.30. The van der Waals surface area contributed by atoms with Crippen molar-refractivity contribution in [2.75, 3.05) is 0 Å². The molecule has 1 amide bonds. The minimum atomic E-state index is -3.08. The van der Waals surface area contributed by atoms with E-state index < -0.39 is 34.3 Å². The SMILES string of the molecule is NC(=O)c1cc(Br)c(C(F)F)c([N+](=O)[O-])n1. The van der Waals surface area contributed by atoms with Crippen LogP contribution in [0.5, 0.6) is 0 Å². The summed E-state index contributed by atoms with van der Waals surface area (Å²) in [6.45, 7) is 0. The van der Waals surface area contributed by atoms with Crippen molar-refractivity contribution in [1.29, 1.82) is 0 Å². The van der Waals surface area contributed by atoms with Crippen LogP contribution in [0.25, 0.3) is 0 Å². The van der Waals surface area contributed by atoms with Crippen LogP contribution in [0.3, 0.4) is 0 Å². The fourth-order valence-corrected chi connectivity index (χ4v) is 1.55. The summed E-state index contributed by atoms with van der Waals surface area (Å²) in [5.74, 6) is -2.12. The van der Waals surface area contributed by atoms with E-state index in [1.807, 2.05) is 0 Å². The second kappa shape index (κ2) is 4.47. The van der Waals surface area contributed by atoms with E-state index in [0.29, 0.717) is 0 Å². The van der Waals surface area contributed by atoms with Crippen LogP contribution in [-0.4, -0.2) is 15.8 Å². The molecular formula is C7H4BrF2N3O3. The van der Waals surface area contributed by atoms with E-state index in [0.717, 1.165) is 6.07 Å². The number of alkyl halides is 2. The van der Waals surface area contributed by atoms with E-state index in [4.69, 9.17) is 5.73 Å². The van der Waals surface area contributed by atoms with Crippen LogP contribution in [0, 0.1) is 10.1 Å². The number of carbonyl (C=O) groups is 1. The number of amides is 1. The molecule has 0 saturated heterocycles. The minimum Gasteiger partial charge on any atom is -0.362 e. The summed E-state index contributed by atoms with van der Waals surface area (Å²) in [5.41, 5.74) is 3.51. The lowest BCUT2D eigenvalue weighted by atomic mass is 10.2. The highest BCUT2D eigenvalue weighted by Gasteiger charge is 2.29. The van der Waals surface area contributed by atoms with Crippen molar-refractivity contribution in [2.45, 2.75) is 6.43 Å². The van der Waals surface area contributed by atoms with Crippen LogP contribution in [-0.2, 0) is 0 Å². The molecule has 0 aliphatic carbocycles. The molecule has 0 aromatic carbocycles. The maximum atomic E-state index is 12.5. The zero-order chi connectivity index (χ0) is 12.5. The highest BCUT2D eigenvalue weighted by molar-refractivity contribution is 9.10. The Morgan fingerprint density at radius 1 is 1.62 bits per heavy atom. The maximum Gasteiger partial charge on any atom is 0.374 e. The van der Waals surface area contributed by atoms with Gasteiger partial charge in [0, 0.05) is 10.5 Å². The molecule has 0 saturated carbocycles. The lowest BCUT2D eigenvalue weighted by molar-refractivity contribution is -0.391. The Hall–Kier alpha value is -1.64. The molecule has 0 aliphatic heterocycles. The van der Waals surface area contributed by atoms with Gasteiger partial charge in [0.05, 0.1) is 0 Å². The summed E-state index contributed by atoms with van der Waals surface area (Å²) in [4.78, 5) is 23.3. The summed E-state index contributed by atoms with van der Waals surface area (Å²) >= 11 is 2.70. The molecule has 0 fully saturated rings. The van der Waals surface area contributed by atoms with Gasteiger partial charge in [-0.05, 0) is 25.8 Å². The first-order valence-electron chi connectivity index (χ1n) is 3.77. The zero-order valence-corrected chi connectivity index (χ0v) is 9.07. The second-order valence-corrected chi connectivity index (χ2v) is 3.50. The fourth-order valence-electron chi connectivity index (χ4n) is 0.978. The highest BCUT2D eigenvalue weighted by atomic mass is 79.9. The van der Waals surface area contributed by atoms with Crippen LogP contribution >= 0.6 is 15.9 Å². The average molecular weight is 296 g/mol. The van der Waals surface area contributed by atoms with Gasteiger partial charge in [-0.3, -0.25) is 4.79 Å². The molecule has 0 spiro atoms. The predicted octanol–water partition coefficient (Wildman–Crippen LogP) is 1.79. The molecule has 0 atom stereocenters. The molecule has 2 N–H and O–H groups in total. The first-order valence-corrected chi connectivity index (χ1v) is 4.56. The van der Waals surface area contributed by atoms with Gasteiger partial charge in [-0.2, -0.15) is 0 Å². The van der Waals surface area contributed by atoms with Crippen LogP contribution < -0.4 is 5.73 Å². The molecule has 0 radical (unpaired) electrons. The van der Waals surface area contributed by atoms with Gasteiger partial charge in [0.2, 0.25) is 5.69 Å². The number of nitro groups is 1. The molecule has 0 unspecified atom stereocenters. The molecule has 9 heteroatoms. The molecular weight excluding hydrogens is 292 g/mol. The van der Waals surface area contributed by atoms with Gasteiger partial charge in [0.25, 0.3) is 12.3 Å². The average Bonchev–Trinajstić information content (AvgIpc) is 2.15. The van der Waals surface area contributed by atoms with E-state index in [1.54, 1.807) is 0 Å². The lowest BCUT2D eigenvalue weighted by Crippen LogP contribution is -2.15. The fraction of sp³-hybridized carbons (Fsp3) is 0.143. The number of nitrogens with zero attached hydrogens (tertiary/aromatic N) is 2. The van der Waals surface area contributed by atoms with Crippen molar-refractivity contribution in [3.05, 3.63) is 31.9 Å². The number of halogens is 3. The Labute approximate surface area is 95.7 Å². The summed E-state index contributed by atoms with van der Waals surface area (Å²) in [5, 5.41) is 10.5. The van der Waals surface area contributed by atoms with Crippen LogP contribution in [0.1, 0.15) is 22.5 Å². The third-order valence-corrected chi connectivity index (χ3v) is 2.29. The van der Waals surface area contributed by atoms with Gasteiger partial charge >= 0.3 is 5.82 Å². The summed E-state index contributed by atoms with van der Waals surface area (Å²) < 4.78 is 24.7. The largest absolute Gasteiger partial charge is 0.374 e. The molecule has 1 rings (SSSR count). The standard InChI is InChI=1S/C7H4BrF2N3O3/c8-2-1-3(6(11)14)12-7(13(15)16)4(2)5(9)10/h1,5H,(H2,11,14). The number of primary amides is 1. The molecule has 0 bridgehead atoms. The molecule has 1 heterocycles. The third-order valence-electron chi connectivity index (χ3n) is 1.63. The summed E-state index contributed by atoms with van der Waals surface area (Å²) in [7, 11) is 0. The van der Waals surface area contributed by atoms with Crippen LogP contribution in [0.15, 0.2) is 10.5 Å². The van der Waals surface area contributed by atoms with E-state index in [-0.39, 0.29) is 4.47 Å². The predicted molar refractivity (Wildman–Crippen MR) is 52.1 cm³/mol. The maximum absolute atomic E-state index is 12.5. The van der Waals surface area contributed by atoms with Crippen molar-refractivity contribution < 1.29 is 18.5 Å². The number of pyridine rings is 1. The topological polar surface area (TPSA) is 99.1 Å². The number of hydrogen-bond donors (Lipinski definition) is 1. The number of nitrogens with two attached hydrogens (primary N) is 1. The van der Waals surface area contributed by atoms with Gasteiger partial charge in [0.1, 0.15) is 5.56 Å². The van der Waals surface area contributed by atoms with E-state index >= 15 is 0 Å². The van der Waals surface area contributed by atoms with Crippen LogP contribution in [0.2, 0.25) is 0 Å². The Balaban J connectivity index is 3.52. The Morgan fingerprint density at radius 3 is 2.56 bits per heavy atom. The quantitative estimate of drug-likeness (QED) is 0.678. The molecule has 86 valence electrons. The van der Waals surface area contributed by atoms with E-state index in [2.05, 4.69) is 20.9 Å². The van der Waals surface area contributed by atoms with Gasteiger partial charge in [-0.25, -0.2) is 8.78 Å². The normalized spacial score (nSPS) is 10.5. The molecule has 6 nitrogen and oxygen atoms in total. The summed E-state index contributed by atoms with van der Waals surface area (Å²) in [6, 6.07) is 0.914. The van der Waals surface area contributed by atoms with Crippen molar-refractivity contribution in [3.63, 3.8) is 0 Å². The van der Waals surface area contributed by atoms with Crippen LogP contribution in [0.4, 0.5) is 14.6 Å². The number of hydrogen-bond acceptors (Lipinski definition) is 4. The molecule has 1 aromatic rings. The first kappa shape index (κ1) is 12.4. The van der Waals surface area contributed by atoms with Gasteiger partial charge in [0.15, 0.2) is 0 Å². The van der Waals surface area contributed by atoms with Crippen molar-refractivity contribution >= 4 is 27.7 Å². The Bertz CT molecular complexity index is 466. The van der Waals surface area contributed by atoms with E-state index in [9.17, 15) is 23.7 Å². The van der Waals surface area contributed by atoms with Crippen molar-refractivity contribution in [1.82, 2.24) is 4.98 Å². The zero-order valence-electron chi connectivity index (χ0n) is 7.49. The number of rotatable bonds is 3. The smallest absolute Gasteiger partial charge is 0.362 e. The van der Waals surface area contributed by atoms with E-state index in [1.165, 1.54) is 0 Å². The molecule has 0 aliphatic rings. The lowest BCUT2D eigenvalue weighted by Gasteiger charge is -2.04. The van der Waals surface area contributed by atoms with Gasteiger partial charge in [-0.15, -0.1) is 0 Å². The Morgan fingerprint density at radius 2 is 2.19 bits per heavy atom. The number of aromatic nitrogens is 1. The van der Waals surface area contributed by atoms with Gasteiger partial charge < -0.3 is 15.8 Å². The van der Waals surface area contributed by atoms with Crippen molar-refractivity contribution in [3.8, 4) is 0 Å². The Kier molecular flexibility index (Phi) is 3.48. The van der Waals surface area contributed by atoms with Gasteiger partial charge in [-0.1, -0.05) is 0 Å². The first-order chi connectivity index (χ1) is 7.34. The van der Waals surface area contributed by atoms with Crippen molar-refractivity contribution in [2.24, 2.45) is 5.73 Å². The molecule has 1 aromatic heterocycles. The monoisotopic (exact) mass is 295 g/mol. The number of carbonyl (C=O) groups excluding carboxylic acids is 1.